The summed E-state index contributed by atoms with van der Waals surface area (Å²) in [5, 5.41) is 3.07. The molecule has 1 fully saturated rings. The van der Waals surface area contributed by atoms with Gasteiger partial charge in [-0.3, -0.25) is 9.59 Å². The monoisotopic (exact) mass is 376 g/mol. The molecule has 0 bridgehead atoms. The van der Waals surface area contributed by atoms with Gasteiger partial charge in [0.1, 0.15) is 11.5 Å². The zero-order valence-electron chi connectivity index (χ0n) is 17.1. The van der Waals surface area contributed by atoms with Gasteiger partial charge in [0, 0.05) is 25.1 Å². The molecule has 0 saturated carbocycles. The molecule has 27 heavy (non-hydrogen) atoms. The highest BCUT2D eigenvalue weighted by molar-refractivity contribution is 6.01. The van der Waals surface area contributed by atoms with Crippen molar-refractivity contribution >= 4 is 17.5 Å². The Labute approximate surface area is 162 Å². The van der Waals surface area contributed by atoms with Gasteiger partial charge >= 0.3 is 0 Å². The number of carbonyl (C=O) groups excluding carboxylic acids is 2. The van der Waals surface area contributed by atoms with E-state index in [-0.39, 0.29) is 30.2 Å². The number of methoxy groups -OCH3 is 2. The van der Waals surface area contributed by atoms with Gasteiger partial charge in [0.25, 0.3) is 0 Å². The second kappa shape index (κ2) is 9.62. The molecular formula is C21H32N2O4. The van der Waals surface area contributed by atoms with E-state index in [0.29, 0.717) is 29.6 Å². The maximum absolute atomic E-state index is 12.6. The highest BCUT2D eigenvalue weighted by atomic mass is 16.5. The minimum absolute atomic E-state index is 0.0459. The fraction of sp³-hybridized carbons (Fsp3) is 0.619. The van der Waals surface area contributed by atoms with Gasteiger partial charge in [0.2, 0.25) is 11.8 Å². The average molecular weight is 376 g/mol. The van der Waals surface area contributed by atoms with E-state index in [1.165, 1.54) is 0 Å². The number of nitrogens with zero attached hydrogens (tertiary/aromatic N) is 1. The molecule has 6 nitrogen and oxygen atoms in total. The average Bonchev–Trinajstić information content (AvgIpc) is 3.02. The van der Waals surface area contributed by atoms with E-state index < -0.39 is 0 Å². The molecular weight excluding hydrogens is 344 g/mol. The predicted molar refractivity (Wildman–Crippen MR) is 106 cm³/mol. The van der Waals surface area contributed by atoms with Crippen LogP contribution in [0.3, 0.4) is 0 Å². The smallest absolute Gasteiger partial charge is 0.227 e. The van der Waals surface area contributed by atoms with Crippen LogP contribution >= 0.6 is 0 Å². The second-order valence-corrected chi connectivity index (χ2v) is 7.68. The maximum Gasteiger partial charge on any atom is 0.227 e. The molecule has 0 unspecified atom stereocenters. The molecule has 0 aliphatic carbocycles. The van der Waals surface area contributed by atoms with Crippen molar-refractivity contribution in [1.29, 1.82) is 0 Å². The van der Waals surface area contributed by atoms with E-state index in [0.717, 1.165) is 19.3 Å². The fourth-order valence-corrected chi connectivity index (χ4v) is 3.39. The first-order valence-corrected chi connectivity index (χ1v) is 9.68. The molecule has 1 N–H and O–H groups in total. The highest BCUT2D eigenvalue weighted by Crippen LogP contribution is 2.35. The van der Waals surface area contributed by atoms with Gasteiger partial charge in [-0.1, -0.05) is 26.7 Å². The number of nitrogens with one attached hydrogen (secondary N) is 1. The molecule has 2 atom stereocenters. The summed E-state index contributed by atoms with van der Waals surface area (Å²) in [6.45, 7) is 6.80. The molecule has 2 amide bonds. The van der Waals surface area contributed by atoms with Crippen LogP contribution in [0.15, 0.2) is 18.2 Å². The van der Waals surface area contributed by atoms with Gasteiger partial charge in [-0.2, -0.15) is 0 Å². The second-order valence-electron chi connectivity index (χ2n) is 7.68. The summed E-state index contributed by atoms with van der Waals surface area (Å²) in [4.78, 5) is 26.7. The molecule has 1 aromatic carbocycles. The number of ether oxygens (including phenoxy) is 2. The fourth-order valence-electron chi connectivity index (χ4n) is 3.39. The molecule has 1 aliphatic rings. The Morgan fingerprint density at radius 1 is 1.22 bits per heavy atom. The lowest BCUT2D eigenvalue weighted by atomic mass is 10.0. The van der Waals surface area contributed by atoms with Crippen LogP contribution in [-0.4, -0.2) is 38.6 Å². The van der Waals surface area contributed by atoms with Crippen LogP contribution < -0.4 is 19.7 Å². The van der Waals surface area contributed by atoms with Gasteiger partial charge in [0.15, 0.2) is 0 Å². The summed E-state index contributed by atoms with van der Waals surface area (Å²) in [7, 11) is 3.14. The highest BCUT2D eigenvalue weighted by Gasteiger charge is 2.36. The number of benzene rings is 1. The Balaban J connectivity index is 1.97. The number of rotatable bonds is 9. The minimum atomic E-state index is -0.336. The summed E-state index contributed by atoms with van der Waals surface area (Å²) in [6, 6.07) is 5.45. The summed E-state index contributed by atoms with van der Waals surface area (Å²) in [6.07, 6.45) is 3.44. The summed E-state index contributed by atoms with van der Waals surface area (Å²) >= 11 is 0. The van der Waals surface area contributed by atoms with Crippen LogP contribution in [0.2, 0.25) is 0 Å². The number of hydrogen-bond donors (Lipinski definition) is 1. The van der Waals surface area contributed by atoms with Gasteiger partial charge in [-0.25, -0.2) is 0 Å². The van der Waals surface area contributed by atoms with Crippen molar-refractivity contribution in [2.75, 3.05) is 25.7 Å². The van der Waals surface area contributed by atoms with Gasteiger partial charge < -0.3 is 19.7 Å². The standard InChI is InChI=1S/C21H32N2O4/c1-14(2)7-6-8-15(3)22-21(25)16-11-20(24)23(13-16)18-10-9-17(26-4)12-19(18)27-5/h9-10,12,14-16H,6-8,11,13H2,1-5H3,(H,22,25)/t15-,16+/m0/s1. The van der Waals surface area contributed by atoms with E-state index >= 15 is 0 Å². The molecule has 0 aromatic heterocycles. The van der Waals surface area contributed by atoms with Gasteiger partial charge in [-0.15, -0.1) is 0 Å². The van der Waals surface area contributed by atoms with Crippen molar-refractivity contribution in [3.63, 3.8) is 0 Å². The lowest BCUT2D eigenvalue weighted by molar-refractivity contribution is -0.126. The van der Waals surface area contributed by atoms with E-state index in [2.05, 4.69) is 19.2 Å². The third kappa shape index (κ3) is 5.62. The molecule has 6 heteroatoms. The first kappa shape index (κ1) is 21.1. The van der Waals surface area contributed by atoms with Crippen molar-refractivity contribution in [2.45, 2.75) is 52.5 Å². The van der Waals surface area contributed by atoms with Crippen LogP contribution in [0.4, 0.5) is 5.69 Å². The van der Waals surface area contributed by atoms with Crippen LogP contribution in [0, 0.1) is 11.8 Å². The topological polar surface area (TPSA) is 67.9 Å². The summed E-state index contributed by atoms with van der Waals surface area (Å²) in [5.41, 5.74) is 0.670. The molecule has 0 radical (unpaired) electrons. The Morgan fingerprint density at radius 3 is 2.59 bits per heavy atom. The van der Waals surface area contributed by atoms with E-state index in [9.17, 15) is 9.59 Å². The Hall–Kier alpha value is -2.24. The number of hydrogen-bond acceptors (Lipinski definition) is 4. The quantitative estimate of drug-likeness (QED) is 0.717. The van der Waals surface area contributed by atoms with E-state index in [4.69, 9.17) is 9.47 Å². The van der Waals surface area contributed by atoms with E-state index in [1.54, 1.807) is 37.3 Å². The summed E-state index contributed by atoms with van der Waals surface area (Å²) in [5.74, 6) is 1.45. The first-order valence-electron chi connectivity index (χ1n) is 9.68. The zero-order valence-corrected chi connectivity index (χ0v) is 17.1. The Morgan fingerprint density at radius 2 is 1.96 bits per heavy atom. The third-order valence-electron chi connectivity index (χ3n) is 4.98. The number of anilines is 1. The van der Waals surface area contributed by atoms with Crippen molar-refractivity contribution < 1.29 is 19.1 Å². The van der Waals surface area contributed by atoms with Gasteiger partial charge in [0.05, 0.1) is 25.8 Å². The first-order chi connectivity index (χ1) is 12.8. The minimum Gasteiger partial charge on any atom is -0.497 e. The zero-order chi connectivity index (χ0) is 20.0. The molecule has 1 heterocycles. The van der Waals surface area contributed by atoms with Crippen molar-refractivity contribution in [1.82, 2.24) is 5.32 Å². The van der Waals surface area contributed by atoms with Gasteiger partial charge in [-0.05, 0) is 31.4 Å². The lowest BCUT2D eigenvalue weighted by Gasteiger charge is -2.21. The number of amides is 2. The SMILES string of the molecule is COc1ccc(N2C[C@H](C(=O)N[C@@H](C)CCCC(C)C)CC2=O)c(OC)c1. The third-order valence-corrected chi connectivity index (χ3v) is 4.98. The largest absolute Gasteiger partial charge is 0.497 e. The number of carbonyl (C=O) groups is 2. The van der Waals surface area contributed by atoms with Crippen LogP contribution in [0.5, 0.6) is 11.5 Å². The Kier molecular flexibility index (Phi) is 7.51. The van der Waals surface area contributed by atoms with Crippen molar-refractivity contribution in [3.05, 3.63) is 18.2 Å². The summed E-state index contributed by atoms with van der Waals surface area (Å²) < 4.78 is 10.6. The van der Waals surface area contributed by atoms with E-state index in [1.807, 2.05) is 6.92 Å². The van der Waals surface area contributed by atoms with Crippen LogP contribution in [0.25, 0.3) is 0 Å². The molecule has 2 rings (SSSR count). The van der Waals surface area contributed by atoms with Crippen molar-refractivity contribution in [2.24, 2.45) is 11.8 Å². The molecule has 150 valence electrons. The van der Waals surface area contributed by atoms with Crippen molar-refractivity contribution in [3.8, 4) is 11.5 Å². The molecule has 0 spiro atoms. The molecule has 1 aliphatic heterocycles. The molecule has 1 saturated heterocycles. The maximum atomic E-state index is 12.6. The normalized spacial score (nSPS) is 17.9. The lowest BCUT2D eigenvalue weighted by Crippen LogP contribution is -2.38. The predicted octanol–water partition coefficient (Wildman–Crippen LogP) is 3.39. The Bertz CT molecular complexity index is 660. The van der Waals surface area contributed by atoms with Crippen LogP contribution in [-0.2, 0) is 9.59 Å². The van der Waals surface area contributed by atoms with Crippen LogP contribution in [0.1, 0.15) is 46.5 Å². The molecule has 1 aromatic rings.